The molecule has 0 saturated heterocycles. The number of nitro benzene ring substituents is 1. The Balaban J connectivity index is 2.08. The molecule has 0 heterocycles. The maximum absolute atomic E-state index is 12.1. The summed E-state index contributed by atoms with van der Waals surface area (Å²) in [6, 6.07) is 8.15. The Hall–Kier alpha value is -3.22. The first-order valence-corrected chi connectivity index (χ1v) is 7.99. The van der Waals surface area contributed by atoms with Crippen molar-refractivity contribution in [1.29, 1.82) is 0 Å². The van der Waals surface area contributed by atoms with Crippen molar-refractivity contribution in [3.8, 4) is 0 Å². The molecule has 26 heavy (non-hydrogen) atoms. The molecule has 7 nitrogen and oxygen atoms in total. The number of aryl methyl sites for hydroxylation is 3. The summed E-state index contributed by atoms with van der Waals surface area (Å²) < 4.78 is 5.03. The average Bonchev–Trinajstić information content (AvgIpc) is 2.58. The van der Waals surface area contributed by atoms with Crippen LogP contribution in [-0.2, 0) is 9.53 Å². The summed E-state index contributed by atoms with van der Waals surface area (Å²) in [4.78, 5) is 34.8. The number of ether oxygens (including phenoxy) is 1. The molecule has 0 saturated carbocycles. The zero-order valence-corrected chi connectivity index (χ0v) is 15.1. The van der Waals surface area contributed by atoms with E-state index in [9.17, 15) is 19.7 Å². The van der Waals surface area contributed by atoms with Gasteiger partial charge in [-0.1, -0.05) is 12.1 Å². The Morgan fingerprint density at radius 2 is 1.73 bits per heavy atom. The smallest absolute Gasteiger partial charge is 0.338 e. The Kier molecular flexibility index (Phi) is 5.71. The van der Waals surface area contributed by atoms with Gasteiger partial charge in [0.05, 0.1) is 10.5 Å². The fraction of sp³-hybridized carbons (Fsp3) is 0.263. The van der Waals surface area contributed by atoms with Gasteiger partial charge in [-0.15, -0.1) is 0 Å². The van der Waals surface area contributed by atoms with Crippen LogP contribution in [0.1, 0.15) is 32.6 Å². The van der Waals surface area contributed by atoms with Gasteiger partial charge in [0, 0.05) is 6.07 Å². The van der Waals surface area contributed by atoms with Crippen LogP contribution >= 0.6 is 0 Å². The third kappa shape index (κ3) is 4.24. The molecule has 7 heteroatoms. The number of esters is 1. The largest absolute Gasteiger partial charge is 0.452 e. The Morgan fingerprint density at radius 3 is 2.38 bits per heavy atom. The van der Waals surface area contributed by atoms with Gasteiger partial charge in [0.2, 0.25) is 0 Å². The predicted molar refractivity (Wildman–Crippen MR) is 97.4 cm³/mol. The lowest BCUT2D eigenvalue weighted by atomic mass is 10.0. The van der Waals surface area contributed by atoms with E-state index in [-0.39, 0.29) is 11.4 Å². The molecule has 0 unspecified atom stereocenters. The lowest BCUT2D eigenvalue weighted by Crippen LogP contribution is -2.22. The van der Waals surface area contributed by atoms with E-state index >= 15 is 0 Å². The van der Waals surface area contributed by atoms with E-state index in [0.717, 1.165) is 22.3 Å². The Morgan fingerprint density at radius 1 is 1.08 bits per heavy atom. The second kappa shape index (κ2) is 7.77. The van der Waals surface area contributed by atoms with Crippen LogP contribution in [0.15, 0.2) is 30.3 Å². The van der Waals surface area contributed by atoms with Crippen molar-refractivity contribution < 1.29 is 19.2 Å². The van der Waals surface area contributed by atoms with Crippen LogP contribution in [0.4, 0.5) is 11.4 Å². The third-order valence-electron chi connectivity index (χ3n) is 4.24. The number of hydrogen-bond acceptors (Lipinski definition) is 5. The number of carbonyl (C=O) groups is 2. The molecule has 0 radical (unpaired) electrons. The number of anilines is 1. The molecule has 1 amide bonds. The van der Waals surface area contributed by atoms with Gasteiger partial charge in [0.15, 0.2) is 6.61 Å². The van der Waals surface area contributed by atoms with Gasteiger partial charge in [0.25, 0.3) is 11.6 Å². The molecule has 1 N–H and O–H groups in total. The van der Waals surface area contributed by atoms with Crippen molar-refractivity contribution in [3.63, 3.8) is 0 Å². The van der Waals surface area contributed by atoms with Gasteiger partial charge in [-0.3, -0.25) is 14.9 Å². The van der Waals surface area contributed by atoms with E-state index in [2.05, 4.69) is 5.32 Å². The molecule has 0 atom stereocenters. The number of carbonyl (C=O) groups excluding carboxylic acids is 2. The van der Waals surface area contributed by atoms with E-state index < -0.39 is 23.4 Å². The summed E-state index contributed by atoms with van der Waals surface area (Å²) in [7, 11) is 0. The molecule has 0 fully saturated rings. The first-order valence-electron chi connectivity index (χ1n) is 7.99. The predicted octanol–water partition coefficient (Wildman–Crippen LogP) is 3.62. The van der Waals surface area contributed by atoms with Crippen LogP contribution in [0, 0.1) is 37.8 Å². The van der Waals surface area contributed by atoms with Crippen LogP contribution in [-0.4, -0.2) is 23.4 Å². The normalized spacial score (nSPS) is 10.3. The van der Waals surface area contributed by atoms with Crippen molar-refractivity contribution >= 4 is 23.3 Å². The minimum atomic E-state index is -0.644. The summed E-state index contributed by atoms with van der Waals surface area (Å²) >= 11 is 0. The van der Waals surface area contributed by atoms with Crippen LogP contribution in [0.3, 0.4) is 0 Å². The highest BCUT2D eigenvalue weighted by molar-refractivity contribution is 5.97. The van der Waals surface area contributed by atoms with Gasteiger partial charge in [-0.25, -0.2) is 4.79 Å². The quantitative estimate of drug-likeness (QED) is 0.501. The number of benzene rings is 2. The Bertz CT molecular complexity index is 890. The summed E-state index contributed by atoms with van der Waals surface area (Å²) in [6.07, 6.45) is 0. The summed E-state index contributed by atoms with van der Waals surface area (Å²) in [5.74, 6) is -1.26. The SMILES string of the molecule is Cc1cc(NC(=O)COC(=O)c2cccc(C)c2C)c([N+](=O)[O-])cc1C. The van der Waals surface area contributed by atoms with Gasteiger partial charge in [0.1, 0.15) is 5.69 Å². The lowest BCUT2D eigenvalue weighted by molar-refractivity contribution is -0.384. The van der Waals surface area contributed by atoms with E-state index in [1.54, 1.807) is 32.9 Å². The standard InChI is InChI=1S/C19H20N2O5/c1-11-6-5-7-15(14(11)4)19(23)26-10-18(22)20-16-8-12(2)13(3)9-17(16)21(24)25/h5-9H,10H2,1-4H3,(H,20,22). The number of nitro groups is 1. The number of nitrogens with zero attached hydrogens (tertiary/aromatic N) is 1. The van der Waals surface area contributed by atoms with E-state index in [0.29, 0.717) is 5.56 Å². The molecular weight excluding hydrogens is 336 g/mol. The zero-order chi connectivity index (χ0) is 19.4. The molecule has 136 valence electrons. The van der Waals surface area contributed by atoms with Gasteiger partial charge in [-0.2, -0.15) is 0 Å². The molecule has 0 bridgehead atoms. The van der Waals surface area contributed by atoms with Crippen LogP contribution < -0.4 is 5.32 Å². The summed E-state index contributed by atoms with van der Waals surface area (Å²) in [6.45, 7) is 6.67. The summed E-state index contributed by atoms with van der Waals surface area (Å²) in [5, 5.41) is 13.6. The van der Waals surface area contributed by atoms with Gasteiger partial charge >= 0.3 is 5.97 Å². The molecule has 0 aliphatic heterocycles. The molecule has 2 aromatic carbocycles. The van der Waals surface area contributed by atoms with Crippen LogP contribution in [0.2, 0.25) is 0 Å². The first-order chi connectivity index (χ1) is 12.2. The van der Waals surface area contributed by atoms with E-state index in [4.69, 9.17) is 4.74 Å². The van der Waals surface area contributed by atoms with Crippen molar-refractivity contribution in [2.45, 2.75) is 27.7 Å². The number of hydrogen-bond donors (Lipinski definition) is 1. The summed E-state index contributed by atoms with van der Waals surface area (Å²) in [5.41, 5.74) is 3.52. The maximum Gasteiger partial charge on any atom is 0.338 e. The fourth-order valence-electron chi connectivity index (χ4n) is 2.42. The fourth-order valence-corrected chi connectivity index (χ4v) is 2.42. The Labute approximate surface area is 151 Å². The zero-order valence-electron chi connectivity index (χ0n) is 15.1. The highest BCUT2D eigenvalue weighted by Crippen LogP contribution is 2.27. The lowest BCUT2D eigenvalue weighted by Gasteiger charge is -2.10. The van der Waals surface area contributed by atoms with Crippen molar-refractivity contribution in [3.05, 3.63) is 68.3 Å². The molecule has 0 aromatic heterocycles. The molecule has 2 aromatic rings. The topological polar surface area (TPSA) is 98.5 Å². The van der Waals surface area contributed by atoms with E-state index in [1.807, 2.05) is 13.0 Å². The minimum absolute atomic E-state index is 0.0749. The van der Waals surface area contributed by atoms with Gasteiger partial charge < -0.3 is 10.1 Å². The van der Waals surface area contributed by atoms with Crippen LogP contribution in [0.25, 0.3) is 0 Å². The monoisotopic (exact) mass is 356 g/mol. The number of amides is 1. The second-order valence-corrected chi connectivity index (χ2v) is 6.08. The van der Waals surface area contributed by atoms with Gasteiger partial charge in [-0.05, 0) is 62.1 Å². The van der Waals surface area contributed by atoms with E-state index in [1.165, 1.54) is 12.1 Å². The molecule has 0 aliphatic rings. The number of nitrogens with one attached hydrogen (secondary N) is 1. The molecular formula is C19H20N2O5. The number of rotatable bonds is 5. The highest BCUT2D eigenvalue weighted by Gasteiger charge is 2.19. The maximum atomic E-state index is 12.1. The highest BCUT2D eigenvalue weighted by atomic mass is 16.6. The third-order valence-corrected chi connectivity index (χ3v) is 4.24. The molecule has 0 spiro atoms. The average molecular weight is 356 g/mol. The minimum Gasteiger partial charge on any atom is -0.452 e. The van der Waals surface area contributed by atoms with Crippen LogP contribution in [0.5, 0.6) is 0 Å². The molecule has 2 rings (SSSR count). The second-order valence-electron chi connectivity index (χ2n) is 6.08. The molecule has 0 aliphatic carbocycles. The van der Waals surface area contributed by atoms with Crippen molar-refractivity contribution in [2.75, 3.05) is 11.9 Å². The van der Waals surface area contributed by atoms with Crippen molar-refractivity contribution in [2.24, 2.45) is 0 Å². The first kappa shape index (κ1) is 19.1. The van der Waals surface area contributed by atoms with Crippen molar-refractivity contribution in [1.82, 2.24) is 0 Å².